The summed E-state index contributed by atoms with van der Waals surface area (Å²) in [5.41, 5.74) is 3.68. The smallest absolute Gasteiger partial charge is 0.724 e. The van der Waals surface area contributed by atoms with Gasteiger partial charge in [0, 0.05) is 6.20 Å². The molecule has 0 spiro atoms. The van der Waals surface area contributed by atoms with Crippen molar-refractivity contribution >= 4 is 6.08 Å². The average molecular weight is 332 g/mol. The maximum Gasteiger partial charge on any atom is 2.00 e. The van der Waals surface area contributed by atoms with Gasteiger partial charge >= 0.3 is 16.5 Å². The van der Waals surface area contributed by atoms with Crippen molar-refractivity contribution in [1.29, 1.82) is 0 Å². The number of carbonyl (C=O) groups excluding carboxylic acids is 1. The minimum Gasteiger partial charge on any atom is -0.724 e. The number of isocyanates is 1. The van der Waals surface area contributed by atoms with E-state index >= 15 is 0 Å². The van der Waals surface area contributed by atoms with E-state index < -0.39 is 0 Å². The second-order valence-corrected chi connectivity index (χ2v) is 3.99. The number of aromatic nitrogens is 2. The maximum absolute atomic E-state index is 8.24. The van der Waals surface area contributed by atoms with Crippen molar-refractivity contribution in [3.8, 4) is 22.6 Å². The van der Waals surface area contributed by atoms with Crippen LogP contribution in [-0.4, -0.2) is 16.0 Å². The molecule has 0 saturated carbocycles. The zero-order valence-corrected chi connectivity index (χ0v) is 12.4. The van der Waals surface area contributed by atoms with Crippen molar-refractivity contribution in [3.63, 3.8) is 0 Å². The van der Waals surface area contributed by atoms with E-state index in [-0.39, 0.29) is 16.5 Å². The number of rotatable bonds is 2. The summed E-state index contributed by atoms with van der Waals surface area (Å²) in [6.45, 7) is 0. The van der Waals surface area contributed by atoms with Gasteiger partial charge in [-0.3, -0.25) is 14.8 Å². The largest absolute Gasteiger partial charge is 2.00 e. The molecule has 4 nitrogen and oxygen atoms in total. The van der Waals surface area contributed by atoms with Gasteiger partial charge in [0.15, 0.2) is 0 Å². The molecule has 0 bridgehead atoms. The van der Waals surface area contributed by atoms with E-state index in [0.717, 1.165) is 22.6 Å². The molecular formula is C17H11N3NiO. The Bertz CT molecular complexity index is 672. The Hall–Kier alpha value is -2.61. The molecule has 22 heavy (non-hydrogen) atoms. The van der Waals surface area contributed by atoms with Crippen LogP contribution in [0.4, 0.5) is 0 Å². The fourth-order valence-corrected chi connectivity index (χ4v) is 1.79. The van der Waals surface area contributed by atoms with E-state index in [1.165, 1.54) is 0 Å². The number of benzene rings is 1. The van der Waals surface area contributed by atoms with Crippen molar-refractivity contribution in [2.75, 3.05) is 0 Å². The summed E-state index contributed by atoms with van der Waals surface area (Å²) < 4.78 is 0. The Morgan fingerprint density at radius 3 is 2.23 bits per heavy atom. The molecule has 0 saturated heterocycles. The van der Waals surface area contributed by atoms with Crippen LogP contribution in [0.15, 0.2) is 66.9 Å². The Balaban J connectivity index is 0.000000562. The summed E-state index contributed by atoms with van der Waals surface area (Å²) in [6, 6.07) is 22.8. The SMILES string of the molecule is [N-]=C=O.[Ni+2].[c-]1ccccc1-c1cccc(-c2ccccn2)n1. The monoisotopic (exact) mass is 331 g/mol. The van der Waals surface area contributed by atoms with Gasteiger partial charge in [-0.25, -0.2) is 0 Å². The molecule has 3 aromatic rings. The number of pyridine rings is 2. The third-order valence-electron chi connectivity index (χ3n) is 2.66. The standard InChI is InChI=1S/C16H11N2.CNO.Ni/c1-2-7-13(8-3-1)14-10-6-11-16(18-14)15-9-4-5-12-17-15;2-1-3;/h1-7,9-12H;;/q2*-1;+2. The first-order chi connectivity index (χ1) is 10.3. The Morgan fingerprint density at radius 1 is 0.909 bits per heavy atom. The van der Waals surface area contributed by atoms with Gasteiger partial charge in [-0.2, -0.15) is 0 Å². The van der Waals surface area contributed by atoms with Crippen molar-refractivity contribution in [1.82, 2.24) is 9.97 Å². The van der Waals surface area contributed by atoms with Crippen molar-refractivity contribution in [3.05, 3.63) is 78.3 Å². The molecule has 0 N–H and O–H groups in total. The van der Waals surface area contributed by atoms with E-state index in [4.69, 9.17) is 10.2 Å². The first-order valence-corrected chi connectivity index (χ1v) is 6.22. The van der Waals surface area contributed by atoms with Crippen LogP contribution in [0.25, 0.3) is 28.1 Å². The van der Waals surface area contributed by atoms with Crippen LogP contribution in [0.3, 0.4) is 0 Å². The minimum atomic E-state index is 0. The molecule has 0 radical (unpaired) electrons. The first-order valence-electron chi connectivity index (χ1n) is 6.22. The molecule has 0 atom stereocenters. The summed E-state index contributed by atoms with van der Waals surface area (Å²) in [6.07, 6.45) is 2.28. The van der Waals surface area contributed by atoms with Gasteiger partial charge in [0.1, 0.15) is 0 Å². The molecule has 3 rings (SSSR count). The third-order valence-corrected chi connectivity index (χ3v) is 2.66. The first kappa shape index (κ1) is 17.4. The van der Waals surface area contributed by atoms with Gasteiger partial charge < -0.3 is 5.41 Å². The normalized spacial score (nSPS) is 8.73. The van der Waals surface area contributed by atoms with Crippen LogP contribution in [0.1, 0.15) is 0 Å². The molecule has 5 heteroatoms. The molecule has 0 amide bonds. The van der Waals surface area contributed by atoms with Gasteiger partial charge in [-0.1, -0.05) is 18.2 Å². The molecule has 0 aliphatic rings. The topological polar surface area (TPSA) is 65.2 Å². The minimum absolute atomic E-state index is 0. The van der Waals surface area contributed by atoms with E-state index in [1.54, 1.807) is 6.20 Å². The number of nitrogens with zero attached hydrogens (tertiary/aromatic N) is 3. The Labute approximate surface area is 138 Å². The van der Waals surface area contributed by atoms with Crippen molar-refractivity contribution < 1.29 is 21.3 Å². The van der Waals surface area contributed by atoms with E-state index in [1.807, 2.05) is 60.7 Å². The fraction of sp³-hybridized carbons (Fsp3) is 0. The van der Waals surface area contributed by atoms with E-state index in [9.17, 15) is 0 Å². The van der Waals surface area contributed by atoms with Crippen LogP contribution in [0, 0.1) is 6.07 Å². The van der Waals surface area contributed by atoms with Crippen LogP contribution < -0.4 is 0 Å². The zero-order chi connectivity index (χ0) is 14.9. The van der Waals surface area contributed by atoms with Gasteiger partial charge in [0.25, 0.3) is 0 Å². The van der Waals surface area contributed by atoms with E-state index in [2.05, 4.69) is 16.0 Å². The summed E-state index contributed by atoms with van der Waals surface area (Å²) in [5.74, 6) is 0. The van der Waals surface area contributed by atoms with Crippen LogP contribution >= 0.6 is 0 Å². The number of hydrogen-bond donors (Lipinski definition) is 0. The zero-order valence-electron chi connectivity index (χ0n) is 11.4. The molecule has 1 aromatic carbocycles. The molecule has 2 heterocycles. The van der Waals surface area contributed by atoms with Crippen LogP contribution in [0.5, 0.6) is 0 Å². The Kier molecular flexibility index (Phi) is 7.42. The maximum atomic E-state index is 8.24. The molecule has 0 fully saturated rings. The quantitative estimate of drug-likeness (QED) is 0.312. The van der Waals surface area contributed by atoms with Crippen molar-refractivity contribution in [2.24, 2.45) is 0 Å². The predicted octanol–water partition coefficient (Wildman–Crippen LogP) is 3.50. The second kappa shape index (κ2) is 9.35. The third kappa shape index (κ3) is 4.74. The summed E-state index contributed by atoms with van der Waals surface area (Å²) in [5, 5.41) is 6.76. The van der Waals surface area contributed by atoms with Gasteiger partial charge in [-0.05, 0) is 30.0 Å². The fourth-order valence-electron chi connectivity index (χ4n) is 1.79. The van der Waals surface area contributed by atoms with Gasteiger partial charge in [0.2, 0.25) is 0 Å². The Morgan fingerprint density at radius 2 is 1.59 bits per heavy atom. The predicted molar refractivity (Wildman–Crippen MR) is 80.8 cm³/mol. The molecule has 2 aromatic heterocycles. The molecular weight excluding hydrogens is 321 g/mol. The summed E-state index contributed by atoms with van der Waals surface area (Å²) in [7, 11) is 0. The number of hydrogen-bond acceptors (Lipinski definition) is 3. The molecule has 0 unspecified atom stereocenters. The summed E-state index contributed by atoms with van der Waals surface area (Å²) in [4.78, 5) is 17.2. The second-order valence-electron chi connectivity index (χ2n) is 3.99. The van der Waals surface area contributed by atoms with E-state index in [0.29, 0.717) is 6.08 Å². The van der Waals surface area contributed by atoms with Crippen LogP contribution in [0.2, 0.25) is 0 Å². The van der Waals surface area contributed by atoms with Gasteiger partial charge in [-0.15, -0.1) is 35.9 Å². The molecule has 0 aliphatic heterocycles. The van der Waals surface area contributed by atoms with Crippen LogP contribution in [-0.2, 0) is 21.3 Å². The molecule has 110 valence electrons. The summed E-state index contributed by atoms with van der Waals surface area (Å²) >= 11 is 0. The van der Waals surface area contributed by atoms with Crippen molar-refractivity contribution in [2.45, 2.75) is 0 Å². The molecule has 0 aliphatic carbocycles. The average Bonchev–Trinajstić information content (AvgIpc) is 2.57. The van der Waals surface area contributed by atoms with Gasteiger partial charge in [0.05, 0.1) is 11.4 Å².